The lowest BCUT2D eigenvalue weighted by Gasteiger charge is -2.25. The van der Waals surface area contributed by atoms with E-state index in [0.717, 1.165) is 30.7 Å². The van der Waals surface area contributed by atoms with Crippen molar-refractivity contribution < 1.29 is 9.53 Å². The van der Waals surface area contributed by atoms with E-state index in [4.69, 9.17) is 4.74 Å². The molecule has 1 N–H and O–H groups in total. The highest BCUT2D eigenvalue weighted by molar-refractivity contribution is 5.90. The minimum Gasteiger partial charge on any atom is -0.497 e. The number of nitrogens with zero attached hydrogens (tertiary/aromatic N) is 2. The summed E-state index contributed by atoms with van der Waals surface area (Å²) in [7, 11) is 1.68. The lowest BCUT2D eigenvalue weighted by Crippen LogP contribution is -2.19. The van der Waals surface area contributed by atoms with Crippen molar-refractivity contribution in [1.29, 1.82) is 0 Å². The molecule has 1 aliphatic rings. The summed E-state index contributed by atoms with van der Waals surface area (Å²) in [5, 5.41) is 7.39. The predicted molar refractivity (Wildman–Crippen MR) is 105 cm³/mol. The average Bonchev–Trinajstić information content (AvgIpc) is 3.16. The van der Waals surface area contributed by atoms with Crippen molar-refractivity contribution in [3.8, 4) is 11.4 Å². The van der Waals surface area contributed by atoms with E-state index in [0.29, 0.717) is 12.2 Å². The Balaban J connectivity index is 1.43. The highest BCUT2D eigenvalue weighted by Gasteiger charge is 2.23. The monoisotopic (exact) mass is 361 g/mol. The lowest BCUT2D eigenvalue weighted by molar-refractivity contribution is -0.116. The SMILES string of the molecule is COc1ccc2c(c1)CCCC2CC(=O)Nc1ccn(-c2ccccc2)n1. The van der Waals surface area contributed by atoms with Crippen LogP contribution >= 0.6 is 0 Å². The fourth-order valence-corrected chi connectivity index (χ4v) is 3.76. The molecule has 138 valence electrons. The lowest BCUT2D eigenvalue weighted by atomic mass is 9.81. The Kier molecular flexibility index (Phi) is 4.92. The molecule has 1 atom stereocenters. The number of benzene rings is 2. The summed E-state index contributed by atoms with van der Waals surface area (Å²) in [6, 6.07) is 17.9. The van der Waals surface area contributed by atoms with Gasteiger partial charge in [-0.2, -0.15) is 5.10 Å². The molecule has 0 fully saturated rings. The molecule has 5 heteroatoms. The summed E-state index contributed by atoms with van der Waals surface area (Å²) in [5.74, 6) is 1.71. The quantitative estimate of drug-likeness (QED) is 0.736. The zero-order chi connectivity index (χ0) is 18.6. The van der Waals surface area contributed by atoms with E-state index in [9.17, 15) is 4.79 Å². The number of nitrogens with one attached hydrogen (secondary N) is 1. The molecule has 1 aliphatic carbocycles. The van der Waals surface area contributed by atoms with Crippen molar-refractivity contribution >= 4 is 11.7 Å². The van der Waals surface area contributed by atoms with Crippen LogP contribution in [0.2, 0.25) is 0 Å². The maximum atomic E-state index is 12.6. The van der Waals surface area contributed by atoms with E-state index in [1.54, 1.807) is 11.8 Å². The molecule has 1 unspecified atom stereocenters. The minimum absolute atomic E-state index is 0.00183. The van der Waals surface area contributed by atoms with Crippen LogP contribution in [0.5, 0.6) is 5.75 Å². The van der Waals surface area contributed by atoms with Crippen molar-refractivity contribution in [1.82, 2.24) is 9.78 Å². The summed E-state index contributed by atoms with van der Waals surface area (Å²) in [6.07, 6.45) is 5.50. The molecule has 0 saturated carbocycles. The number of hydrogen-bond acceptors (Lipinski definition) is 3. The van der Waals surface area contributed by atoms with E-state index in [1.807, 2.05) is 48.7 Å². The number of aromatic nitrogens is 2. The summed E-state index contributed by atoms with van der Waals surface area (Å²) in [6.45, 7) is 0. The first-order chi connectivity index (χ1) is 13.2. The summed E-state index contributed by atoms with van der Waals surface area (Å²) in [5.41, 5.74) is 3.53. The molecule has 1 amide bonds. The van der Waals surface area contributed by atoms with Crippen LogP contribution in [0.3, 0.4) is 0 Å². The summed E-state index contributed by atoms with van der Waals surface area (Å²) < 4.78 is 7.09. The van der Waals surface area contributed by atoms with Gasteiger partial charge in [-0.3, -0.25) is 4.79 Å². The summed E-state index contributed by atoms with van der Waals surface area (Å²) in [4.78, 5) is 12.6. The molecule has 0 bridgehead atoms. The standard InChI is InChI=1S/C22H23N3O2/c1-27-19-10-11-20-16(14-19)6-5-7-17(20)15-22(26)23-21-12-13-25(24-21)18-8-3-2-4-9-18/h2-4,8-14,17H,5-7,15H2,1H3,(H,23,24,26). The molecule has 0 spiro atoms. The molecule has 2 aromatic carbocycles. The van der Waals surface area contributed by atoms with E-state index in [-0.39, 0.29) is 11.8 Å². The van der Waals surface area contributed by atoms with Gasteiger partial charge in [0.15, 0.2) is 5.82 Å². The van der Waals surface area contributed by atoms with E-state index < -0.39 is 0 Å². The van der Waals surface area contributed by atoms with Gasteiger partial charge in [-0.1, -0.05) is 24.3 Å². The Hall–Kier alpha value is -3.08. The second-order valence-corrected chi connectivity index (χ2v) is 6.89. The molecular weight excluding hydrogens is 338 g/mol. The van der Waals surface area contributed by atoms with Crippen LogP contribution in [0.4, 0.5) is 5.82 Å². The normalized spacial score (nSPS) is 15.8. The fraction of sp³-hybridized carbons (Fsp3) is 0.273. The molecule has 4 rings (SSSR count). The first-order valence-electron chi connectivity index (χ1n) is 9.30. The zero-order valence-electron chi connectivity index (χ0n) is 15.4. The van der Waals surface area contributed by atoms with Crippen LogP contribution < -0.4 is 10.1 Å². The van der Waals surface area contributed by atoms with Crippen molar-refractivity contribution in [2.24, 2.45) is 0 Å². The van der Waals surface area contributed by atoms with Gasteiger partial charge in [0, 0.05) is 18.7 Å². The van der Waals surface area contributed by atoms with Crippen LogP contribution in [0.25, 0.3) is 5.69 Å². The van der Waals surface area contributed by atoms with E-state index in [2.05, 4.69) is 22.5 Å². The van der Waals surface area contributed by atoms with Crippen LogP contribution in [0, 0.1) is 0 Å². The number of para-hydroxylation sites is 1. The fourth-order valence-electron chi connectivity index (χ4n) is 3.76. The van der Waals surface area contributed by atoms with E-state index in [1.165, 1.54) is 11.1 Å². The zero-order valence-corrected chi connectivity index (χ0v) is 15.4. The van der Waals surface area contributed by atoms with Crippen LogP contribution in [0.15, 0.2) is 60.8 Å². The molecule has 0 radical (unpaired) electrons. The van der Waals surface area contributed by atoms with Crippen LogP contribution in [0.1, 0.15) is 36.3 Å². The molecule has 0 aliphatic heterocycles. The Morgan fingerprint density at radius 3 is 2.89 bits per heavy atom. The van der Waals surface area contributed by atoms with Crippen molar-refractivity contribution in [2.45, 2.75) is 31.6 Å². The number of aryl methyl sites for hydroxylation is 1. The molecular formula is C22H23N3O2. The topological polar surface area (TPSA) is 56.1 Å². The van der Waals surface area contributed by atoms with Crippen molar-refractivity contribution in [2.75, 3.05) is 12.4 Å². The second-order valence-electron chi connectivity index (χ2n) is 6.89. The number of hydrogen-bond donors (Lipinski definition) is 1. The van der Waals surface area contributed by atoms with Crippen LogP contribution in [-0.4, -0.2) is 22.8 Å². The Morgan fingerprint density at radius 1 is 1.22 bits per heavy atom. The maximum Gasteiger partial charge on any atom is 0.226 e. The van der Waals surface area contributed by atoms with Gasteiger partial charge < -0.3 is 10.1 Å². The molecule has 1 aromatic heterocycles. The Morgan fingerprint density at radius 2 is 2.07 bits per heavy atom. The first-order valence-corrected chi connectivity index (χ1v) is 9.30. The van der Waals surface area contributed by atoms with E-state index >= 15 is 0 Å². The number of amides is 1. The number of ether oxygens (including phenoxy) is 1. The minimum atomic E-state index is 0.00183. The largest absolute Gasteiger partial charge is 0.497 e. The van der Waals surface area contributed by atoms with Gasteiger partial charge in [-0.15, -0.1) is 0 Å². The highest BCUT2D eigenvalue weighted by Crippen LogP contribution is 2.36. The number of rotatable bonds is 5. The van der Waals surface area contributed by atoms with Gasteiger partial charge in [-0.05, 0) is 60.6 Å². The first kappa shape index (κ1) is 17.3. The van der Waals surface area contributed by atoms with Crippen molar-refractivity contribution in [3.05, 3.63) is 71.9 Å². The number of methoxy groups -OCH3 is 1. The van der Waals surface area contributed by atoms with Gasteiger partial charge in [0.25, 0.3) is 0 Å². The van der Waals surface area contributed by atoms with Gasteiger partial charge >= 0.3 is 0 Å². The Labute approximate surface area is 159 Å². The molecule has 3 aromatic rings. The maximum absolute atomic E-state index is 12.6. The number of carbonyl (C=O) groups excluding carboxylic acids is 1. The third-order valence-electron chi connectivity index (χ3n) is 5.10. The van der Waals surface area contributed by atoms with Crippen LogP contribution in [-0.2, 0) is 11.2 Å². The van der Waals surface area contributed by atoms with Gasteiger partial charge in [-0.25, -0.2) is 4.68 Å². The summed E-state index contributed by atoms with van der Waals surface area (Å²) >= 11 is 0. The highest BCUT2D eigenvalue weighted by atomic mass is 16.5. The molecule has 27 heavy (non-hydrogen) atoms. The Bertz CT molecular complexity index is 934. The molecule has 5 nitrogen and oxygen atoms in total. The number of fused-ring (bicyclic) bond motifs is 1. The molecule has 1 heterocycles. The second kappa shape index (κ2) is 7.66. The van der Waals surface area contributed by atoms with Gasteiger partial charge in [0.05, 0.1) is 12.8 Å². The van der Waals surface area contributed by atoms with Gasteiger partial charge in [0.2, 0.25) is 5.91 Å². The average molecular weight is 361 g/mol. The van der Waals surface area contributed by atoms with Gasteiger partial charge in [0.1, 0.15) is 5.75 Å². The smallest absolute Gasteiger partial charge is 0.226 e. The predicted octanol–water partition coefficient (Wildman–Crippen LogP) is 4.33. The third kappa shape index (κ3) is 3.87. The number of carbonyl (C=O) groups is 1. The third-order valence-corrected chi connectivity index (χ3v) is 5.10. The van der Waals surface area contributed by atoms with Crippen molar-refractivity contribution in [3.63, 3.8) is 0 Å². The number of anilines is 1. The molecule has 0 saturated heterocycles.